The molecule has 0 radical (unpaired) electrons. The minimum Gasteiger partial charge on any atom is -0.481 e. The van der Waals surface area contributed by atoms with Gasteiger partial charge >= 0.3 is 11.9 Å². The molecule has 4 nitrogen and oxygen atoms in total. The van der Waals surface area contributed by atoms with Gasteiger partial charge < -0.3 is 9.84 Å². The molecule has 0 bridgehead atoms. The Labute approximate surface area is 307 Å². The summed E-state index contributed by atoms with van der Waals surface area (Å²) in [7, 11) is 1.47. The van der Waals surface area contributed by atoms with Crippen LogP contribution in [0.5, 0.6) is 0 Å². The molecule has 49 heavy (non-hydrogen) atoms. The fourth-order valence-corrected chi connectivity index (χ4v) is 6.20. The maximum Gasteiger partial charge on any atom is 0.305 e. The van der Waals surface area contributed by atoms with Crippen LogP contribution in [0.2, 0.25) is 0 Å². The molecule has 0 spiro atoms. The second kappa shape index (κ2) is 46.4. The van der Waals surface area contributed by atoms with Crippen molar-refractivity contribution in [2.24, 2.45) is 0 Å². The molecule has 0 aromatic carbocycles. The summed E-state index contributed by atoms with van der Waals surface area (Å²) in [6, 6.07) is 0. The summed E-state index contributed by atoms with van der Waals surface area (Å²) in [5.41, 5.74) is 0. The topological polar surface area (TPSA) is 63.6 Å². The van der Waals surface area contributed by atoms with E-state index >= 15 is 0 Å². The summed E-state index contributed by atoms with van der Waals surface area (Å²) in [4.78, 5) is 21.3. The van der Waals surface area contributed by atoms with Crippen molar-refractivity contribution in [1.82, 2.24) is 0 Å². The lowest BCUT2D eigenvalue weighted by atomic mass is 10.1. The first-order valence-electron chi connectivity index (χ1n) is 21.7. The molecule has 0 aromatic heterocycles. The summed E-state index contributed by atoms with van der Waals surface area (Å²) < 4.78 is 4.64. The van der Waals surface area contributed by atoms with Crippen LogP contribution in [0.4, 0.5) is 0 Å². The molecule has 0 rings (SSSR count). The summed E-state index contributed by atoms with van der Waals surface area (Å²) in [6.07, 6.45) is 55.0. The van der Waals surface area contributed by atoms with Crippen molar-refractivity contribution in [2.45, 2.75) is 245 Å². The number of aliphatic carboxylic acids is 1. The highest BCUT2D eigenvalue weighted by Crippen LogP contribution is 2.14. The van der Waals surface area contributed by atoms with E-state index in [2.05, 4.69) is 42.9 Å². The number of allylic oxidation sites excluding steroid dienone is 4. The van der Waals surface area contributed by atoms with Crippen molar-refractivity contribution in [2.75, 3.05) is 7.11 Å². The minimum atomic E-state index is -0.656. The van der Waals surface area contributed by atoms with Gasteiger partial charge in [0, 0.05) is 12.8 Å². The lowest BCUT2D eigenvalue weighted by Gasteiger charge is -2.02. The first-order valence-corrected chi connectivity index (χ1v) is 21.7. The number of carbonyl (C=O) groups is 2. The summed E-state index contributed by atoms with van der Waals surface area (Å²) in [5.74, 6) is -0.725. The molecule has 0 heterocycles. The fourth-order valence-electron chi connectivity index (χ4n) is 6.20. The number of methoxy groups -OCH3 is 1. The standard InChI is InChI=1S/C23H44O2.C22H42O2/c1-3-4-5-6-7-8-9-10-11-12-13-14-15-16-17-18-19-20-21-22-23(24)25-2;1-2-3-4-5-6-7-8-9-10-11-12-13-14-15-16-17-18-19-20-21-22(23)24/h10-11H,3-9,12-22H2,1-2H3;9-10H,2-8,11-21H2,1H3,(H,23,24)/b11-10-;10-9-. The zero-order chi connectivity index (χ0) is 36.1. The van der Waals surface area contributed by atoms with E-state index < -0.39 is 5.97 Å². The van der Waals surface area contributed by atoms with E-state index in [1.165, 1.54) is 206 Å². The van der Waals surface area contributed by atoms with Crippen molar-refractivity contribution >= 4 is 11.9 Å². The Balaban J connectivity index is 0. The maximum absolute atomic E-state index is 11.0. The highest BCUT2D eigenvalue weighted by molar-refractivity contribution is 5.69. The molecule has 0 amide bonds. The number of hydrogen-bond acceptors (Lipinski definition) is 3. The van der Waals surface area contributed by atoms with Crippen molar-refractivity contribution in [3.8, 4) is 0 Å². The molecule has 0 aliphatic heterocycles. The van der Waals surface area contributed by atoms with Crippen LogP contribution in [-0.4, -0.2) is 24.2 Å². The van der Waals surface area contributed by atoms with Crippen LogP contribution in [0.25, 0.3) is 0 Å². The number of esters is 1. The Bertz CT molecular complexity index is 698. The molecule has 0 atom stereocenters. The molecule has 0 saturated heterocycles. The second-order valence-electron chi connectivity index (χ2n) is 14.5. The van der Waals surface area contributed by atoms with Gasteiger partial charge in [-0.1, -0.05) is 192 Å². The van der Waals surface area contributed by atoms with Crippen molar-refractivity contribution in [3.63, 3.8) is 0 Å². The fraction of sp³-hybridized carbons (Fsp3) is 0.867. The third-order valence-corrected chi connectivity index (χ3v) is 9.52. The SMILES string of the molecule is CCCCCCCC/C=C\CCCCCCCCCCCC(=O)O.CCCCCCCC/C=C\CCCCCCCCCCCC(=O)OC. The Morgan fingerprint density at radius 1 is 0.388 bits per heavy atom. The van der Waals surface area contributed by atoms with Crippen LogP contribution in [0.15, 0.2) is 24.3 Å². The smallest absolute Gasteiger partial charge is 0.305 e. The van der Waals surface area contributed by atoms with E-state index in [0.717, 1.165) is 19.3 Å². The van der Waals surface area contributed by atoms with Crippen molar-refractivity contribution < 1.29 is 19.4 Å². The van der Waals surface area contributed by atoms with E-state index in [1.807, 2.05) is 0 Å². The van der Waals surface area contributed by atoms with Gasteiger partial charge in [-0.3, -0.25) is 9.59 Å². The Kier molecular flexibility index (Phi) is 46.9. The van der Waals surface area contributed by atoms with Crippen LogP contribution >= 0.6 is 0 Å². The van der Waals surface area contributed by atoms with Crippen LogP contribution in [0.3, 0.4) is 0 Å². The number of ether oxygens (including phenoxy) is 1. The van der Waals surface area contributed by atoms with Gasteiger partial charge in [0.2, 0.25) is 0 Å². The van der Waals surface area contributed by atoms with Gasteiger partial charge in [0.25, 0.3) is 0 Å². The van der Waals surface area contributed by atoms with Gasteiger partial charge in [-0.15, -0.1) is 0 Å². The van der Waals surface area contributed by atoms with Crippen LogP contribution in [0, 0.1) is 0 Å². The maximum atomic E-state index is 11.0. The van der Waals surface area contributed by atoms with E-state index in [9.17, 15) is 9.59 Å². The van der Waals surface area contributed by atoms with E-state index in [0.29, 0.717) is 12.8 Å². The summed E-state index contributed by atoms with van der Waals surface area (Å²) in [6.45, 7) is 4.55. The van der Waals surface area contributed by atoms with Crippen molar-refractivity contribution in [3.05, 3.63) is 24.3 Å². The van der Waals surface area contributed by atoms with Gasteiger partial charge in [0.1, 0.15) is 0 Å². The normalized spacial score (nSPS) is 11.3. The van der Waals surface area contributed by atoms with Gasteiger partial charge in [-0.2, -0.15) is 0 Å². The van der Waals surface area contributed by atoms with Gasteiger partial charge in [0.05, 0.1) is 7.11 Å². The monoisotopic (exact) mass is 691 g/mol. The lowest BCUT2D eigenvalue weighted by molar-refractivity contribution is -0.141. The van der Waals surface area contributed by atoms with E-state index in [4.69, 9.17) is 5.11 Å². The number of hydrogen-bond donors (Lipinski definition) is 1. The zero-order valence-electron chi connectivity index (χ0n) is 33.4. The quantitative estimate of drug-likeness (QED) is 0.0398. The average molecular weight is 691 g/mol. The van der Waals surface area contributed by atoms with Gasteiger partial charge in [-0.05, 0) is 64.2 Å². The zero-order valence-corrected chi connectivity index (χ0v) is 33.4. The molecular weight excluding hydrogens is 604 g/mol. The number of carboxylic acids is 1. The van der Waals surface area contributed by atoms with E-state index in [1.54, 1.807) is 0 Å². The molecule has 0 fully saturated rings. The van der Waals surface area contributed by atoms with Crippen LogP contribution in [-0.2, 0) is 14.3 Å². The molecule has 4 heteroatoms. The van der Waals surface area contributed by atoms with Gasteiger partial charge in [0.15, 0.2) is 0 Å². The Morgan fingerprint density at radius 2 is 0.633 bits per heavy atom. The van der Waals surface area contributed by atoms with Crippen LogP contribution in [0.1, 0.15) is 245 Å². The van der Waals surface area contributed by atoms with E-state index in [-0.39, 0.29) is 5.97 Å². The predicted molar refractivity (Wildman–Crippen MR) is 215 cm³/mol. The first kappa shape index (κ1) is 49.5. The molecule has 1 N–H and O–H groups in total. The first-order chi connectivity index (χ1) is 24.1. The molecule has 0 aliphatic rings. The molecule has 0 aliphatic carbocycles. The summed E-state index contributed by atoms with van der Waals surface area (Å²) >= 11 is 0. The third-order valence-electron chi connectivity index (χ3n) is 9.52. The van der Waals surface area contributed by atoms with Crippen molar-refractivity contribution in [1.29, 1.82) is 0 Å². The molecule has 290 valence electrons. The number of carboxylic acid groups (broad SMARTS) is 1. The minimum absolute atomic E-state index is 0.0685. The van der Waals surface area contributed by atoms with Crippen LogP contribution < -0.4 is 0 Å². The largest absolute Gasteiger partial charge is 0.481 e. The summed E-state index contributed by atoms with van der Waals surface area (Å²) in [5, 5.41) is 8.55. The number of unbranched alkanes of at least 4 members (excludes halogenated alkanes) is 30. The van der Waals surface area contributed by atoms with Gasteiger partial charge in [-0.25, -0.2) is 0 Å². The highest BCUT2D eigenvalue weighted by Gasteiger charge is 1.99. The molecule has 0 aromatic rings. The molecule has 0 saturated carbocycles. The average Bonchev–Trinajstić information content (AvgIpc) is 3.10. The Hall–Kier alpha value is -1.58. The number of rotatable bonds is 38. The Morgan fingerprint density at radius 3 is 0.898 bits per heavy atom. The third kappa shape index (κ3) is 50.9. The second-order valence-corrected chi connectivity index (χ2v) is 14.5. The lowest BCUT2D eigenvalue weighted by Crippen LogP contribution is -1.99. The molecular formula is C45H86O4. The number of carbonyl (C=O) groups excluding carboxylic acids is 1. The molecule has 0 unspecified atom stereocenters. The highest BCUT2D eigenvalue weighted by atomic mass is 16.5. The predicted octanol–water partition coefficient (Wildman–Crippen LogP) is 15.4.